The van der Waals surface area contributed by atoms with Crippen LogP contribution in [0.1, 0.15) is 0 Å². The Morgan fingerprint density at radius 3 is 2.93 bits per heavy atom. The Morgan fingerprint density at radius 2 is 2.29 bits per heavy atom. The molecule has 2 rings (SSSR count). The Morgan fingerprint density at radius 1 is 1.43 bits per heavy atom. The summed E-state index contributed by atoms with van der Waals surface area (Å²) in [6.07, 6.45) is 3.62. The highest BCUT2D eigenvalue weighted by Gasteiger charge is 2.04. The van der Waals surface area contributed by atoms with Crippen LogP contribution in [0.3, 0.4) is 0 Å². The van der Waals surface area contributed by atoms with Crippen LogP contribution < -0.4 is 4.74 Å². The molecule has 0 bridgehead atoms. The van der Waals surface area contributed by atoms with E-state index in [1.807, 2.05) is 30.5 Å². The molecule has 0 fully saturated rings. The molecule has 3 nitrogen and oxygen atoms in total. The van der Waals surface area contributed by atoms with Crippen LogP contribution in [-0.4, -0.2) is 16.9 Å². The third-order valence-corrected chi connectivity index (χ3v) is 2.39. The van der Waals surface area contributed by atoms with Gasteiger partial charge in [0.2, 0.25) is 0 Å². The van der Waals surface area contributed by atoms with Gasteiger partial charge in [0.25, 0.3) is 0 Å². The number of aromatic nitrogens is 2. The Bertz CT molecular complexity index is 426. The van der Waals surface area contributed by atoms with Crippen molar-refractivity contribution in [2.24, 2.45) is 0 Å². The molecule has 0 aliphatic rings. The second kappa shape index (κ2) is 3.84. The zero-order chi connectivity index (χ0) is 9.97. The van der Waals surface area contributed by atoms with Gasteiger partial charge in [0, 0.05) is 16.9 Å². The minimum Gasteiger partial charge on any atom is -0.494 e. The quantitative estimate of drug-likeness (QED) is 0.822. The maximum atomic E-state index is 5.26. The van der Waals surface area contributed by atoms with Gasteiger partial charge in [-0.05, 0) is 24.3 Å². The van der Waals surface area contributed by atoms with E-state index in [2.05, 4.69) is 21.0 Å². The molecule has 1 aromatic heterocycles. The lowest BCUT2D eigenvalue weighted by Crippen LogP contribution is -1.97. The molecule has 1 aromatic carbocycles. The first-order valence-electron chi connectivity index (χ1n) is 4.15. The van der Waals surface area contributed by atoms with Gasteiger partial charge >= 0.3 is 0 Å². The van der Waals surface area contributed by atoms with Gasteiger partial charge in [-0.25, -0.2) is 4.68 Å². The van der Waals surface area contributed by atoms with Crippen LogP contribution in [0, 0.1) is 0 Å². The summed E-state index contributed by atoms with van der Waals surface area (Å²) in [6, 6.07) is 7.70. The standard InChI is InChI=1S/C10H9BrN2O/c1-14-10-7-8(11)3-4-9(10)13-6-2-5-12-13/h2-7H,1H3. The first-order chi connectivity index (χ1) is 6.81. The highest BCUT2D eigenvalue weighted by atomic mass is 79.9. The van der Waals surface area contributed by atoms with Crippen LogP contribution in [0.4, 0.5) is 0 Å². The molecule has 0 spiro atoms. The Labute approximate surface area is 90.4 Å². The molecule has 72 valence electrons. The van der Waals surface area contributed by atoms with Gasteiger partial charge in [0.1, 0.15) is 11.4 Å². The zero-order valence-electron chi connectivity index (χ0n) is 7.64. The molecule has 0 N–H and O–H groups in total. The molecule has 0 unspecified atom stereocenters. The first kappa shape index (κ1) is 9.27. The van der Waals surface area contributed by atoms with Crippen LogP contribution >= 0.6 is 15.9 Å². The van der Waals surface area contributed by atoms with E-state index in [0.29, 0.717) is 0 Å². The third kappa shape index (κ3) is 1.65. The van der Waals surface area contributed by atoms with Crippen molar-refractivity contribution in [2.45, 2.75) is 0 Å². The summed E-state index contributed by atoms with van der Waals surface area (Å²) in [4.78, 5) is 0. The molecule has 14 heavy (non-hydrogen) atoms. The number of methoxy groups -OCH3 is 1. The fraction of sp³-hybridized carbons (Fsp3) is 0.100. The molecule has 0 saturated carbocycles. The number of hydrogen-bond acceptors (Lipinski definition) is 2. The van der Waals surface area contributed by atoms with Gasteiger partial charge in [0.05, 0.1) is 7.11 Å². The van der Waals surface area contributed by atoms with Gasteiger partial charge < -0.3 is 4.74 Å². The molecule has 0 aliphatic heterocycles. The van der Waals surface area contributed by atoms with Gasteiger partial charge in [-0.2, -0.15) is 5.10 Å². The lowest BCUT2D eigenvalue weighted by atomic mass is 10.3. The summed E-state index contributed by atoms with van der Waals surface area (Å²) in [6.45, 7) is 0. The minimum atomic E-state index is 0.795. The molecule has 0 amide bonds. The van der Waals surface area contributed by atoms with Crippen molar-refractivity contribution < 1.29 is 4.74 Å². The molecule has 0 aliphatic carbocycles. The number of hydrogen-bond donors (Lipinski definition) is 0. The predicted molar refractivity (Wildman–Crippen MR) is 57.8 cm³/mol. The maximum absolute atomic E-state index is 5.26. The lowest BCUT2D eigenvalue weighted by molar-refractivity contribution is 0.411. The molecule has 1 heterocycles. The molecule has 0 radical (unpaired) electrons. The minimum absolute atomic E-state index is 0.795. The van der Waals surface area contributed by atoms with Crippen LogP contribution in [0.25, 0.3) is 5.69 Å². The molecule has 0 saturated heterocycles. The fourth-order valence-corrected chi connectivity index (χ4v) is 1.59. The highest BCUT2D eigenvalue weighted by Crippen LogP contribution is 2.25. The summed E-state index contributed by atoms with van der Waals surface area (Å²) in [7, 11) is 1.65. The maximum Gasteiger partial charge on any atom is 0.145 e. The van der Waals surface area contributed by atoms with Gasteiger partial charge in [-0.1, -0.05) is 15.9 Å². The van der Waals surface area contributed by atoms with Crippen molar-refractivity contribution in [3.05, 3.63) is 41.1 Å². The predicted octanol–water partition coefficient (Wildman–Crippen LogP) is 2.64. The number of ether oxygens (including phenoxy) is 1. The van der Waals surface area contributed by atoms with E-state index in [0.717, 1.165) is 15.9 Å². The van der Waals surface area contributed by atoms with Crippen molar-refractivity contribution in [1.29, 1.82) is 0 Å². The normalized spacial score (nSPS) is 10.1. The molecular formula is C10H9BrN2O. The Balaban J connectivity index is 2.53. The summed E-state index contributed by atoms with van der Waals surface area (Å²) in [5.74, 6) is 0.795. The lowest BCUT2D eigenvalue weighted by Gasteiger charge is -2.08. The van der Waals surface area contributed by atoms with E-state index < -0.39 is 0 Å². The number of benzene rings is 1. The van der Waals surface area contributed by atoms with E-state index in [-0.39, 0.29) is 0 Å². The summed E-state index contributed by atoms with van der Waals surface area (Å²) >= 11 is 3.39. The van der Waals surface area contributed by atoms with E-state index >= 15 is 0 Å². The smallest absolute Gasteiger partial charge is 0.145 e. The number of halogens is 1. The van der Waals surface area contributed by atoms with Crippen LogP contribution in [-0.2, 0) is 0 Å². The molecule has 4 heteroatoms. The average Bonchev–Trinajstić information content (AvgIpc) is 2.70. The molecule has 2 aromatic rings. The second-order valence-electron chi connectivity index (χ2n) is 2.77. The third-order valence-electron chi connectivity index (χ3n) is 1.89. The van der Waals surface area contributed by atoms with Crippen molar-refractivity contribution in [1.82, 2.24) is 9.78 Å². The number of nitrogens with zero attached hydrogens (tertiary/aromatic N) is 2. The van der Waals surface area contributed by atoms with Crippen molar-refractivity contribution in [3.8, 4) is 11.4 Å². The monoisotopic (exact) mass is 252 g/mol. The van der Waals surface area contributed by atoms with Crippen molar-refractivity contribution in [2.75, 3.05) is 7.11 Å². The number of rotatable bonds is 2. The van der Waals surface area contributed by atoms with E-state index in [4.69, 9.17) is 4.74 Å². The van der Waals surface area contributed by atoms with Gasteiger partial charge in [0.15, 0.2) is 0 Å². The van der Waals surface area contributed by atoms with Crippen LogP contribution in [0.2, 0.25) is 0 Å². The largest absolute Gasteiger partial charge is 0.494 e. The van der Waals surface area contributed by atoms with Crippen LogP contribution in [0.5, 0.6) is 5.75 Å². The van der Waals surface area contributed by atoms with E-state index in [1.165, 1.54) is 0 Å². The van der Waals surface area contributed by atoms with E-state index in [9.17, 15) is 0 Å². The van der Waals surface area contributed by atoms with Crippen molar-refractivity contribution in [3.63, 3.8) is 0 Å². The summed E-state index contributed by atoms with van der Waals surface area (Å²) < 4.78 is 8.02. The van der Waals surface area contributed by atoms with Gasteiger partial charge in [-0.3, -0.25) is 0 Å². The average molecular weight is 253 g/mol. The highest BCUT2D eigenvalue weighted by molar-refractivity contribution is 9.10. The topological polar surface area (TPSA) is 27.1 Å². The second-order valence-corrected chi connectivity index (χ2v) is 3.68. The molecular weight excluding hydrogens is 244 g/mol. The summed E-state index contributed by atoms with van der Waals surface area (Å²) in [5.41, 5.74) is 0.931. The van der Waals surface area contributed by atoms with Crippen molar-refractivity contribution >= 4 is 15.9 Å². The SMILES string of the molecule is COc1cc(Br)ccc1-n1cccn1. The zero-order valence-corrected chi connectivity index (χ0v) is 9.23. The van der Waals surface area contributed by atoms with Gasteiger partial charge in [-0.15, -0.1) is 0 Å². The van der Waals surface area contributed by atoms with E-state index in [1.54, 1.807) is 18.0 Å². The Hall–Kier alpha value is -1.29. The van der Waals surface area contributed by atoms with Crippen LogP contribution in [0.15, 0.2) is 41.1 Å². The summed E-state index contributed by atoms with van der Waals surface area (Å²) in [5, 5.41) is 4.15. The fourth-order valence-electron chi connectivity index (χ4n) is 1.25. The molecule has 0 atom stereocenters. The Kier molecular flexibility index (Phi) is 2.54. The first-order valence-corrected chi connectivity index (χ1v) is 4.94.